The number of rotatable bonds is 7. The summed E-state index contributed by atoms with van der Waals surface area (Å²) in [6, 6.07) is 6.18. The van der Waals surface area contributed by atoms with Crippen molar-refractivity contribution in [2.45, 2.75) is 125 Å². The summed E-state index contributed by atoms with van der Waals surface area (Å²) in [5.41, 5.74) is -0.356. The largest absolute Gasteiger partial charge is 0.472 e. The van der Waals surface area contributed by atoms with Crippen LogP contribution in [0.4, 0.5) is 4.79 Å². The van der Waals surface area contributed by atoms with E-state index in [0.29, 0.717) is 18.7 Å². The first kappa shape index (κ1) is 37.1. The first-order chi connectivity index (χ1) is 25.6. The zero-order valence-electron chi connectivity index (χ0n) is 30.2. The van der Waals surface area contributed by atoms with E-state index >= 15 is 0 Å². The van der Waals surface area contributed by atoms with Crippen LogP contribution in [0.1, 0.15) is 95.5 Å². The van der Waals surface area contributed by atoms with Gasteiger partial charge in [-0.2, -0.15) is 0 Å². The number of cyclic esters (lactones) is 1. The maximum Gasteiger partial charge on any atom is 0.407 e. The first-order valence-corrected chi connectivity index (χ1v) is 20.9. The Kier molecular flexibility index (Phi) is 11.0. The molecule has 286 valence electrons. The van der Waals surface area contributed by atoms with Gasteiger partial charge < -0.3 is 25.0 Å². The molecule has 3 N–H and O–H groups in total. The van der Waals surface area contributed by atoms with Gasteiger partial charge in [-0.15, -0.1) is 6.58 Å². The summed E-state index contributed by atoms with van der Waals surface area (Å²) in [4.78, 5) is 61.8. The van der Waals surface area contributed by atoms with Crippen molar-refractivity contribution in [3.63, 3.8) is 0 Å². The number of carbonyl (C=O) groups is 4. The van der Waals surface area contributed by atoms with E-state index in [0.717, 1.165) is 87.0 Å². The molecule has 5 atom stereocenters. The van der Waals surface area contributed by atoms with Crippen LogP contribution in [-0.2, 0) is 35.6 Å². The predicted molar refractivity (Wildman–Crippen MR) is 197 cm³/mol. The molecule has 1 aromatic carbocycles. The number of ether oxygens (including phenoxy) is 2. The molecule has 4 fully saturated rings. The number of carbonyl (C=O) groups excluding carboxylic acids is 4. The van der Waals surface area contributed by atoms with Crippen LogP contribution in [0.2, 0.25) is 0 Å². The molecule has 4 bridgehead atoms. The molecule has 1 saturated heterocycles. The van der Waals surface area contributed by atoms with E-state index in [9.17, 15) is 27.6 Å². The molecule has 3 heterocycles. The minimum absolute atomic E-state index is 0.0365. The Morgan fingerprint density at radius 1 is 1.00 bits per heavy atom. The van der Waals surface area contributed by atoms with E-state index in [2.05, 4.69) is 45.1 Å². The summed E-state index contributed by atoms with van der Waals surface area (Å²) in [5, 5.41) is 6.90. The normalized spacial score (nSPS) is 29.0. The molecular formula is C39H51N5O8S. The highest BCUT2D eigenvalue weighted by molar-refractivity contribution is 7.91. The zero-order valence-corrected chi connectivity index (χ0v) is 31.0. The number of nitrogens with zero attached hydrogens (tertiary/aromatic N) is 2. The van der Waals surface area contributed by atoms with Crippen molar-refractivity contribution < 1.29 is 37.1 Å². The van der Waals surface area contributed by atoms with Gasteiger partial charge in [0.25, 0.3) is 5.91 Å². The van der Waals surface area contributed by atoms with Gasteiger partial charge in [0, 0.05) is 23.9 Å². The monoisotopic (exact) mass is 749 g/mol. The molecule has 14 heteroatoms. The molecule has 53 heavy (non-hydrogen) atoms. The summed E-state index contributed by atoms with van der Waals surface area (Å²) < 4.78 is 39.8. The van der Waals surface area contributed by atoms with E-state index in [4.69, 9.17) is 9.47 Å². The van der Waals surface area contributed by atoms with Crippen molar-refractivity contribution >= 4 is 44.6 Å². The second-order valence-corrected chi connectivity index (χ2v) is 17.5. The lowest BCUT2D eigenvalue weighted by atomic mass is 9.83. The summed E-state index contributed by atoms with van der Waals surface area (Å²) in [6.45, 7) is 4.08. The van der Waals surface area contributed by atoms with Crippen LogP contribution in [0.3, 0.4) is 0 Å². The van der Waals surface area contributed by atoms with Crippen LogP contribution in [0.5, 0.6) is 5.88 Å². The minimum Gasteiger partial charge on any atom is -0.472 e. The number of aryl methyl sites for hydroxylation is 1. The third-order valence-electron chi connectivity index (χ3n) is 11.7. The number of benzene rings is 1. The molecule has 1 aromatic heterocycles. The lowest BCUT2D eigenvalue weighted by Crippen LogP contribution is -2.59. The Bertz CT molecular complexity index is 1840. The summed E-state index contributed by atoms with van der Waals surface area (Å²) in [6.07, 6.45) is 13.1. The van der Waals surface area contributed by atoms with Crippen molar-refractivity contribution in [3.8, 4) is 5.88 Å². The molecule has 0 spiro atoms. The van der Waals surface area contributed by atoms with Crippen molar-refractivity contribution in [1.82, 2.24) is 25.2 Å². The van der Waals surface area contributed by atoms with Crippen molar-refractivity contribution in [2.75, 3.05) is 13.2 Å². The van der Waals surface area contributed by atoms with Gasteiger partial charge in [-0.05, 0) is 80.4 Å². The maximum absolute atomic E-state index is 14.7. The van der Waals surface area contributed by atoms with E-state index < -0.39 is 68.7 Å². The fourth-order valence-corrected chi connectivity index (χ4v) is 9.68. The summed E-state index contributed by atoms with van der Waals surface area (Å²) in [7, 11) is -3.88. The van der Waals surface area contributed by atoms with E-state index in [1.807, 2.05) is 6.07 Å². The minimum atomic E-state index is -3.88. The number of pyridine rings is 1. The summed E-state index contributed by atoms with van der Waals surface area (Å²) in [5.74, 6) is -2.08. The molecule has 7 rings (SSSR count). The third-order valence-corrected chi connectivity index (χ3v) is 13.5. The van der Waals surface area contributed by atoms with Gasteiger partial charge >= 0.3 is 6.09 Å². The van der Waals surface area contributed by atoms with Crippen molar-refractivity contribution in [3.05, 3.63) is 48.7 Å². The molecular weight excluding hydrogens is 699 g/mol. The maximum atomic E-state index is 14.7. The zero-order chi connectivity index (χ0) is 37.2. The molecule has 0 radical (unpaired) electrons. The molecule has 2 aliphatic heterocycles. The Morgan fingerprint density at radius 3 is 2.51 bits per heavy atom. The van der Waals surface area contributed by atoms with Gasteiger partial charge in [-0.3, -0.25) is 19.1 Å². The van der Waals surface area contributed by atoms with Crippen LogP contribution in [0, 0.1) is 11.8 Å². The Morgan fingerprint density at radius 2 is 1.75 bits per heavy atom. The average Bonchev–Trinajstić information content (AvgIpc) is 4.08. The molecule has 5 aliphatic rings. The molecule has 2 aromatic rings. The average molecular weight is 750 g/mol. The quantitative estimate of drug-likeness (QED) is 0.346. The van der Waals surface area contributed by atoms with E-state index in [1.165, 1.54) is 11.0 Å². The number of sulfonamides is 1. The van der Waals surface area contributed by atoms with Gasteiger partial charge in [0.2, 0.25) is 27.7 Å². The second-order valence-electron chi connectivity index (χ2n) is 15.5. The number of aromatic nitrogens is 1. The molecule has 3 saturated carbocycles. The molecule has 1 unspecified atom stereocenters. The second kappa shape index (κ2) is 15.6. The van der Waals surface area contributed by atoms with E-state index in [1.54, 1.807) is 6.20 Å². The third kappa shape index (κ3) is 8.32. The highest BCUT2D eigenvalue weighted by Crippen LogP contribution is 2.45. The van der Waals surface area contributed by atoms with Gasteiger partial charge in [0.05, 0.1) is 18.4 Å². The molecule has 13 nitrogen and oxygen atoms in total. The van der Waals surface area contributed by atoms with Crippen molar-refractivity contribution in [2.24, 2.45) is 11.8 Å². The van der Waals surface area contributed by atoms with Crippen LogP contribution < -0.4 is 20.1 Å². The van der Waals surface area contributed by atoms with Crippen molar-refractivity contribution in [1.29, 1.82) is 0 Å². The molecule has 4 amide bonds. The first-order valence-electron chi connectivity index (χ1n) is 19.4. The highest BCUT2D eigenvalue weighted by atomic mass is 32.2. The van der Waals surface area contributed by atoms with Crippen LogP contribution in [0.25, 0.3) is 10.8 Å². The van der Waals surface area contributed by atoms with Crippen LogP contribution >= 0.6 is 0 Å². The summed E-state index contributed by atoms with van der Waals surface area (Å²) >= 11 is 0. The van der Waals surface area contributed by atoms with Crippen LogP contribution in [0.15, 0.2) is 43.1 Å². The fourth-order valence-electron chi connectivity index (χ4n) is 8.31. The number of hydrogen-bond acceptors (Lipinski definition) is 9. The Balaban J connectivity index is 1.20. The SMILES string of the molecule is C=C[C@@H]1CC1(NC(=O)[C@@H]1C[C@@H]2CN1C(=O)[C@H](C1CCCCC1)NC(=O)OCCCCCCCc1ccc3ccnc(c3c1)O2)C(=O)NS(=O)(=O)C1CC1. The Labute approximate surface area is 311 Å². The van der Waals surface area contributed by atoms with Crippen LogP contribution in [-0.4, -0.2) is 84.2 Å². The standard InChI is InChI=1S/C39H51N5O8S/c1-2-28-23-39(28,37(47)43-53(49,50)30-16-17-30)42-34(45)32-22-29-24-44(32)36(46)33(27-12-8-6-9-13-27)41-38(48)51-20-10-5-3-4-7-11-25-14-15-26-18-19-40-35(52-29)31(26)21-25/h2,14-15,18-19,21,27-30,32-33H,1,3-13,16-17,20,22-24H2,(H,41,48)(H,42,45)(H,43,47)/t28-,29-,32+,33+,39?/m1/s1. The predicted octanol–water partition coefficient (Wildman–Crippen LogP) is 4.43. The number of alkyl carbamates (subject to hydrolysis) is 1. The van der Waals surface area contributed by atoms with Gasteiger partial charge in [-0.25, -0.2) is 18.2 Å². The Hall–Kier alpha value is -4.20. The number of amides is 4. The molecule has 3 aliphatic carbocycles. The van der Waals surface area contributed by atoms with Gasteiger partial charge in [0.15, 0.2) is 0 Å². The van der Waals surface area contributed by atoms with Gasteiger partial charge in [0.1, 0.15) is 23.7 Å². The van der Waals surface area contributed by atoms with E-state index in [-0.39, 0.29) is 31.9 Å². The lowest BCUT2D eigenvalue weighted by Gasteiger charge is -2.34. The topological polar surface area (TPSA) is 173 Å². The highest BCUT2D eigenvalue weighted by Gasteiger charge is 2.62. The number of fused-ring (bicyclic) bond motifs is 3. The lowest BCUT2D eigenvalue weighted by molar-refractivity contribution is -0.142. The smallest absolute Gasteiger partial charge is 0.407 e. The number of nitrogens with one attached hydrogen (secondary N) is 3. The number of hydrogen-bond donors (Lipinski definition) is 3. The fraction of sp³-hybridized carbons (Fsp3) is 0.615. The van der Waals surface area contributed by atoms with Gasteiger partial charge in [-0.1, -0.05) is 56.7 Å².